The van der Waals surface area contributed by atoms with Gasteiger partial charge in [-0.05, 0) is 43.2 Å². The quantitative estimate of drug-likeness (QED) is 0.487. The molecule has 2 amide bonds. The average molecular weight is 462 g/mol. The number of anilines is 1. The first kappa shape index (κ1) is 27.0. The normalized spacial score (nSPS) is 13.7. The van der Waals surface area contributed by atoms with Crippen molar-refractivity contribution < 1.29 is 33.8 Å². The number of likely N-dealkylation sites (tertiary alicyclic amines) is 1. The number of piperidine rings is 1. The molecule has 0 spiro atoms. The summed E-state index contributed by atoms with van der Waals surface area (Å²) in [4.78, 5) is 47.8. The first-order valence-electron chi connectivity index (χ1n) is 9.95. The topological polar surface area (TPSA) is 149 Å². The largest absolute Gasteiger partial charge is 0.483 e. The number of benzene rings is 1. The molecule has 1 aromatic carbocycles. The predicted molar refractivity (Wildman–Crippen MR) is 118 cm³/mol. The fourth-order valence-electron chi connectivity index (χ4n) is 3.40. The number of carbonyl (C=O) groups is 4. The van der Waals surface area contributed by atoms with E-state index in [1.54, 1.807) is 30.3 Å². The molecule has 0 radical (unpaired) electrons. The van der Waals surface area contributed by atoms with Gasteiger partial charge in [0.15, 0.2) is 0 Å². The zero-order valence-electron chi connectivity index (χ0n) is 18.1. The molecule has 1 aliphatic rings. The summed E-state index contributed by atoms with van der Waals surface area (Å²) < 4.78 is 13.5. The molecule has 2 aromatic rings. The number of carboxylic acid groups (broad SMARTS) is 2. The van der Waals surface area contributed by atoms with Gasteiger partial charge in [0.1, 0.15) is 11.4 Å². The Morgan fingerprint density at radius 3 is 2.27 bits per heavy atom. The maximum Gasteiger partial charge on any atom is 0.290 e. The molecule has 0 bridgehead atoms. The van der Waals surface area contributed by atoms with Gasteiger partial charge in [-0.3, -0.25) is 24.2 Å². The molecule has 11 heteroatoms. The molecular weight excluding hydrogens is 435 g/mol. The minimum atomic E-state index is -0.871. The van der Waals surface area contributed by atoms with Crippen LogP contribution in [0.2, 0.25) is 0 Å². The maximum atomic E-state index is 13.5. The molecule has 0 unspecified atom stereocenters. The van der Waals surface area contributed by atoms with Crippen molar-refractivity contribution in [2.45, 2.75) is 24.8 Å². The molecule has 1 fully saturated rings. The van der Waals surface area contributed by atoms with Crippen LogP contribution in [0.1, 0.15) is 18.5 Å². The number of carbonyl (C=O) groups excluding carboxylic acids is 2. The van der Waals surface area contributed by atoms with Crippen molar-refractivity contribution in [3.8, 4) is 0 Å². The molecule has 178 valence electrons. The van der Waals surface area contributed by atoms with E-state index >= 15 is 0 Å². The van der Waals surface area contributed by atoms with Gasteiger partial charge >= 0.3 is 0 Å². The van der Waals surface area contributed by atoms with Crippen molar-refractivity contribution >= 4 is 30.4 Å². The highest BCUT2D eigenvalue weighted by atomic mass is 19.1. The zero-order valence-corrected chi connectivity index (χ0v) is 18.1. The Morgan fingerprint density at radius 1 is 1.12 bits per heavy atom. The van der Waals surface area contributed by atoms with Gasteiger partial charge < -0.3 is 25.7 Å². The lowest BCUT2D eigenvalue weighted by molar-refractivity contribution is -0.135. The lowest BCUT2D eigenvalue weighted by Crippen LogP contribution is -2.58. The summed E-state index contributed by atoms with van der Waals surface area (Å²) in [5, 5.41) is 19.7. The third-order valence-corrected chi connectivity index (χ3v) is 4.90. The Hall–Kier alpha value is -4.02. The second-order valence-corrected chi connectivity index (χ2v) is 6.89. The number of nitrogens with one attached hydrogen (secondary N) is 2. The van der Waals surface area contributed by atoms with E-state index in [0.717, 1.165) is 5.69 Å². The van der Waals surface area contributed by atoms with Gasteiger partial charge in [0.25, 0.3) is 12.9 Å². The average Bonchev–Trinajstić information content (AvgIpc) is 2.80. The first-order valence-corrected chi connectivity index (χ1v) is 9.95. The summed E-state index contributed by atoms with van der Waals surface area (Å²) >= 11 is 0. The number of likely N-dealkylation sites (N-methyl/N-ethyl adjacent to an activating group) is 1. The standard InChI is InChI=1S/C20H23FN4O2.2CH2O2/c1-22-19(27)20(24-17-7-4-5-15(21)13-17)8-11-25(12-9-20)18(26)14-16-6-2-3-10-23-16;2*2-1-3/h2-7,10,13,24H,8-9,11-12,14H2,1H3,(H,22,27);2*1H,(H,2,3). The van der Waals surface area contributed by atoms with Crippen LogP contribution in [0.5, 0.6) is 0 Å². The van der Waals surface area contributed by atoms with Crippen molar-refractivity contribution in [1.29, 1.82) is 0 Å². The van der Waals surface area contributed by atoms with Crippen LogP contribution in [-0.4, -0.2) is 70.5 Å². The minimum absolute atomic E-state index is 0.00929. The van der Waals surface area contributed by atoms with Crippen LogP contribution in [0.25, 0.3) is 0 Å². The van der Waals surface area contributed by atoms with E-state index in [4.69, 9.17) is 19.8 Å². The molecule has 2 heterocycles. The van der Waals surface area contributed by atoms with Gasteiger partial charge in [-0.1, -0.05) is 12.1 Å². The number of aromatic nitrogens is 1. The van der Waals surface area contributed by atoms with E-state index in [2.05, 4.69) is 15.6 Å². The van der Waals surface area contributed by atoms with Crippen molar-refractivity contribution in [3.63, 3.8) is 0 Å². The molecule has 1 aromatic heterocycles. The summed E-state index contributed by atoms with van der Waals surface area (Å²) in [5.41, 5.74) is 0.403. The van der Waals surface area contributed by atoms with Gasteiger partial charge in [0.05, 0.1) is 6.42 Å². The number of nitrogens with zero attached hydrogens (tertiary/aromatic N) is 2. The van der Waals surface area contributed by atoms with Crippen molar-refractivity contribution in [3.05, 3.63) is 60.2 Å². The van der Waals surface area contributed by atoms with E-state index in [0.29, 0.717) is 31.6 Å². The summed E-state index contributed by atoms with van der Waals surface area (Å²) in [6.07, 6.45) is 2.79. The number of hydrogen-bond donors (Lipinski definition) is 4. The third-order valence-electron chi connectivity index (χ3n) is 4.90. The fraction of sp³-hybridized carbons (Fsp3) is 0.318. The Morgan fingerprint density at radius 2 is 1.76 bits per heavy atom. The fourth-order valence-corrected chi connectivity index (χ4v) is 3.40. The number of hydrogen-bond acceptors (Lipinski definition) is 6. The lowest BCUT2D eigenvalue weighted by Gasteiger charge is -2.41. The molecule has 33 heavy (non-hydrogen) atoms. The lowest BCUT2D eigenvalue weighted by atomic mass is 9.85. The van der Waals surface area contributed by atoms with Crippen LogP contribution in [0.3, 0.4) is 0 Å². The van der Waals surface area contributed by atoms with Crippen molar-refractivity contribution in [1.82, 2.24) is 15.2 Å². The predicted octanol–water partition coefficient (Wildman–Crippen LogP) is 1.38. The molecule has 1 saturated heterocycles. The number of rotatable bonds is 5. The monoisotopic (exact) mass is 462 g/mol. The highest BCUT2D eigenvalue weighted by Crippen LogP contribution is 2.28. The SMILES string of the molecule is CNC(=O)C1(Nc2cccc(F)c2)CCN(C(=O)Cc2ccccn2)CC1.O=CO.O=CO. The summed E-state index contributed by atoms with van der Waals surface area (Å²) in [7, 11) is 1.58. The smallest absolute Gasteiger partial charge is 0.290 e. The Bertz CT molecular complexity index is 899. The van der Waals surface area contributed by atoms with E-state index in [1.165, 1.54) is 12.1 Å². The van der Waals surface area contributed by atoms with Crippen LogP contribution in [0, 0.1) is 5.82 Å². The molecule has 10 nitrogen and oxygen atoms in total. The van der Waals surface area contributed by atoms with E-state index in [1.807, 2.05) is 18.2 Å². The molecule has 0 aliphatic carbocycles. The summed E-state index contributed by atoms with van der Waals surface area (Å²) in [5.74, 6) is -0.538. The molecule has 1 aliphatic heterocycles. The molecule has 3 rings (SSSR count). The first-order chi connectivity index (χ1) is 15.8. The van der Waals surface area contributed by atoms with Gasteiger partial charge in [-0.2, -0.15) is 0 Å². The number of pyridine rings is 1. The second-order valence-electron chi connectivity index (χ2n) is 6.89. The van der Waals surface area contributed by atoms with Gasteiger partial charge in [0.2, 0.25) is 11.8 Å². The van der Waals surface area contributed by atoms with Crippen LogP contribution >= 0.6 is 0 Å². The van der Waals surface area contributed by atoms with E-state index < -0.39 is 5.54 Å². The van der Waals surface area contributed by atoms with Crippen LogP contribution < -0.4 is 10.6 Å². The molecular formula is C22H27FN4O6. The molecule has 4 N–H and O–H groups in total. The third kappa shape index (κ3) is 8.56. The van der Waals surface area contributed by atoms with Crippen molar-refractivity contribution in [2.24, 2.45) is 0 Å². The maximum absolute atomic E-state index is 13.5. The van der Waals surface area contributed by atoms with Crippen LogP contribution in [0.4, 0.5) is 10.1 Å². The van der Waals surface area contributed by atoms with Crippen LogP contribution in [-0.2, 0) is 25.6 Å². The second kappa shape index (κ2) is 14.1. The highest BCUT2D eigenvalue weighted by molar-refractivity contribution is 5.90. The zero-order chi connectivity index (χ0) is 24.7. The van der Waals surface area contributed by atoms with E-state index in [9.17, 15) is 14.0 Å². The van der Waals surface area contributed by atoms with Gasteiger partial charge in [-0.25, -0.2) is 4.39 Å². The Balaban J connectivity index is 0.000000819. The van der Waals surface area contributed by atoms with Gasteiger partial charge in [-0.15, -0.1) is 0 Å². The number of halogens is 1. The van der Waals surface area contributed by atoms with E-state index in [-0.39, 0.29) is 37.0 Å². The van der Waals surface area contributed by atoms with Crippen LogP contribution in [0.15, 0.2) is 48.7 Å². The summed E-state index contributed by atoms with van der Waals surface area (Å²) in [6.45, 7) is 0.392. The highest BCUT2D eigenvalue weighted by Gasteiger charge is 2.41. The van der Waals surface area contributed by atoms with Gasteiger partial charge in [0, 0.05) is 37.7 Å². The molecule has 0 saturated carbocycles. The van der Waals surface area contributed by atoms with Crippen molar-refractivity contribution in [2.75, 3.05) is 25.5 Å². The number of amides is 2. The summed E-state index contributed by atoms with van der Waals surface area (Å²) in [6, 6.07) is 11.5. The Labute approximate surface area is 190 Å². The minimum Gasteiger partial charge on any atom is -0.483 e. The molecule has 0 atom stereocenters. The Kier molecular flexibility index (Phi) is 11.6.